The number of anilines is 1. The average Bonchev–Trinajstić information content (AvgIpc) is 2.96. The lowest BCUT2D eigenvalue weighted by molar-refractivity contribution is -0.132. The van der Waals surface area contributed by atoms with Gasteiger partial charge in [-0.3, -0.25) is 19.4 Å². The molecule has 1 rings (SSSR count). The fraction of sp³-hybridized carbons (Fsp3) is 0.552. The van der Waals surface area contributed by atoms with E-state index in [2.05, 4.69) is 20.9 Å². The molecule has 0 aliphatic heterocycles. The van der Waals surface area contributed by atoms with Gasteiger partial charge in [0.2, 0.25) is 17.7 Å². The van der Waals surface area contributed by atoms with Crippen LogP contribution in [0.15, 0.2) is 35.3 Å². The summed E-state index contributed by atoms with van der Waals surface area (Å²) in [6.45, 7) is 1.21. The quantitative estimate of drug-likeness (QED) is 0.0330. The Kier molecular flexibility index (Phi) is 17.9. The summed E-state index contributed by atoms with van der Waals surface area (Å²) in [4.78, 5) is 56.6. The minimum Gasteiger partial charge on any atom is -0.378 e. The van der Waals surface area contributed by atoms with Crippen molar-refractivity contribution in [2.45, 2.75) is 69.5 Å². The lowest BCUT2D eigenvalue weighted by Gasteiger charge is -2.24. The van der Waals surface area contributed by atoms with Crippen molar-refractivity contribution in [1.29, 1.82) is 0 Å². The molecular weight excluding hydrogens is 538 g/mol. The third-order valence-corrected chi connectivity index (χ3v) is 6.46. The number of nitrogens with one attached hydrogen (secondary N) is 3. The van der Waals surface area contributed by atoms with Crippen LogP contribution >= 0.6 is 0 Å². The topological polar surface area (TPSA) is 224 Å². The summed E-state index contributed by atoms with van der Waals surface area (Å²) < 4.78 is 0. The van der Waals surface area contributed by atoms with Gasteiger partial charge in [-0.05, 0) is 88.2 Å². The fourth-order valence-electron chi connectivity index (χ4n) is 4.05. The van der Waals surface area contributed by atoms with Crippen molar-refractivity contribution >= 4 is 41.7 Å². The van der Waals surface area contributed by atoms with Gasteiger partial charge >= 0.3 is 0 Å². The third-order valence-electron chi connectivity index (χ3n) is 6.46. The van der Waals surface area contributed by atoms with Gasteiger partial charge in [0.25, 0.3) is 0 Å². The van der Waals surface area contributed by atoms with Crippen molar-refractivity contribution in [2.75, 3.05) is 38.6 Å². The molecule has 11 N–H and O–H groups in total. The van der Waals surface area contributed by atoms with Gasteiger partial charge < -0.3 is 48.6 Å². The first-order valence-electron chi connectivity index (χ1n) is 14.4. The van der Waals surface area contributed by atoms with Crippen LogP contribution in [0.5, 0.6) is 0 Å². The van der Waals surface area contributed by atoms with E-state index in [4.69, 9.17) is 22.9 Å². The number of carbonyl (C=O) groups excluding carboxylic acids is 4. The molecule has 0 saturated carbocycles. The number of carbonyl (C=O) groups is 4. The van der Waals surface area contributed by atoms with Gasteiger partial charge in [-0.25, -0.2) is 0 Å². The zero-order chi connectivity index (χ0) is 31.3. The van der Waals surface area contributed by atoms with Gasteiger partial charge in [-0.1, -0.05) is 12.1 Å². The van der Waals surface area contributed by atoms with Crippen molar-refractivity contribution in [3.05, 3.63) is 35.9 Å². The number of benzene rings is 1. The van der Waals surface area contributed by atoms with E-state index in [0.717, 1.165) is 11.3 Å². The monoisotopic (exact) mass is 587 g/mol. The Morgan fingerprint density at radius 3 is 1.93 bits per heavy atom. The molecule has 0 spiro atoms. The average molecular weight is 588 g/mol. The van der Waals surface area contributed by atoms with E-state index in [1.54, 1.807) is 6.08 Å². The first kappa shape index (κ1) is 36.1. The number of amides is 3. The van der Waals surface area contributed by atoms with Gasteiger partial charge in [-0.15, -0.1) is 0 Å². The zero-order valence-electron chi connectivity index (χ0n) is 24.9. The van der Waals surface area contributed by atoms with Crippen molar-refractivity contribution in [2.24, 2.45) is 27.9 Å². The van der Waals surface area contributed by atoms with Gasteiger partial charge in [-0.2, -0.15) is 0 Å². The number of nitrogens with two attached hydrogens (primary N) is 4. The van der Waals surface area contributed by atoms with E-state index in [9.17, 15) is 19.2 Å². The molecule has 13 nitrogen and oxygen atoms in total. The second-order valence-electron chi connectivity index (χ2n) is 10.2. The van der Waals surface area contributed by atoms with Gasteiger partial charge in [0.1, 0.15) is 18.4 Å². The van der Waals surface area contributed by atoms with Gasteiger partial charge in [0.05, 0.1) is 6.04 Å². The first-order valence-corrected chi connectivity index (χ1v) is 14.4. The van der Waals surface area contributed by atoms with Crippen molar-refractivity contribution < 1.29 is 19.2 Å². The summed E-state index contributed by atoms with van der Waals surface area (Å²) in [6, 6.07) is 5.11. The number of rotatable bonds is 21. The van der Waals surface area contributed by atoms with Crippen LogP contribution in [-0.4, -0.2) is 81.8 Å². The molecule has 0 saturated heterocycles. The number of aldehydes is 1. The molecule has 0 aliphatic rings. The van der Waals surface area contributed by atoms with Crippen LogP contribution in [-0.2, 0) is 19.2 Å². The van der Waals surface area contributed by atoms with E-state index in [1.165, 1.54) is 6.08 Å². The number of hydrogen-bond donors (Lipinski definition) is 7. The molecule has 0 fully saturated rings. The van der Waals surface area contributed by atoms with E-state index in [1.807, 2.05) is 43.3 Å². The zero-order valence-corrected chi connectivity index (χ0v) is 24.9. The maximum Gasteiger partial charge on any atom is 0.244 e. The van der Waals surface area contributed by atoms with Crippen molar-refractivity contribution in [3.8, 4) is 0 Å². The van der Waals surface area contributed by atoms with Crippen molar-refractivity contribution in [3.63, 3.8) is 0 Å². The Morgan fingerprint density at radius 2 is 1.40 bits per heavy atom. The molecule has 0 aromatic heterocycles. The number of unbranched alkanes of at least 4 members (excludes halogenated alkanes) is 2. The normalized spacial score (nSPS) is 13.0. The second-order valence-corrected chi connectivity index (χ2v) is 10.2. The maximum absolute atomic E-state index is 13.3. The molecule has 1 aromatic carbocycles. The minimum absolute atomic E-state index is 0.0494. The van der Waals surface area contributed by atoms with Crippen LogP contribution < -0.4 is 43.8 Å². The van der Waals surface area contributed by atoms with Crippen LogP contribution in [0.3, 0.4) is 0 Å². The Morgan fingerprint density at radius 1 is 0.833 bits per heavy atom. The second kappa shape index (κ2) is 20.8. The highest BCUT2D eigenvalue weighted by atomic mass is 16.2. The Hall–Kier alpha value is -3.97. The number of nitrogens with zero attached hydrogens (tertiary/aromatic N) is 2. The third kappa shape index (κ3) is 15.1. The Balaban J connectivity index is 2.93. The molecule has 0 bridgehead atoms. The van der Waals surface area contributed by atoms with Crippen LogP contribution in [0.4, 0.5) is 5.69 Å². The SMILES string of the molecule is CN(C)c1ccc(/C=C/C(=O)N[C@@H](CCCCN)C(=O)N[C@@H](CCCCN)C(=O)N[C@H](C=O)CCCN=C(N)N)cc1. The number of guanidine groups is 1. The summed E-state index contributed by atoms with van der Waals surface area (Å²) in [5, 5.41) is 8.21. The predicted molar refractivity (Wildman–Crippen MR) is 167 cm³/mol. The molecule has 1 aromatic rings. The lowest BCUT2D eigenvalue weighted by atomic mass is 10.0. The highest BCUT2D eigenvalue weighted by molar-refractivity contribution is 5.97. The minimum atomic E-state index is -0.913. The van der Waals surface area contributed by atoms with Crippen LogP contribution in [0.1, 0.15) is 56.9 Å². The highest BCUT2D eigenvalue weighted by Crippen LogP contribution is 2.13. The molecule has 234 valence electrons. The van der Waals surface area contributed by atoms with E-state index < -0.39 is 35.8 Å². The summed E-state index contributed by atoms with van der Waals surface area (Å²) in [7, 11) is 3.89. The largest absolute Gasteiger partial charge is 0.378 e. The number of aliphatic imine (C=N–C) groups is 1. The van der Waals surface area contributed by atoms with E-state index in [0.29, 0.717) is 77.3 Å². The van der Waals surface area contributed by atoms with Gasteiger partial charge in [0, 0.05) is 32.4 Å². The molecule has 13 heteroatoms. The van der Waals surface area contributed by atoms with E-state index >= 15 is 0 Å². The van der Waals surface area contributed by atoms with Crippen LogP contribution in [0.25, 0.3) is 6.08 Å². The first-order chi connectivity index (χ1) is 20.1. The van der Waals surface area contributed by atoms with Gasteiger partial charge in [0.15, 0.2) is 5.96 Å². The smallest absolute Gasteiger partial charge is 0.244 e. The van der Waals surface area contributed by atoms with Crippen LogP contribution in [0.2, 0.25) is 0 Å². The predicted octanol–water partition coefficient (Wildman–Crippen LogP) is -0.269. The summed E-state index contributed by atoms with van der Waals surface area (Å²) >= 11 is 0. The maximum atomic E-state index is 13.3. The summed E-state index contributed by atoms with van der Waals surface area (Å²) in [5.74, 6) is -1.48. The Bertz CT molecular complexity index is 1020. The summed E-state index contributed by atoms with van der Waals surface area (Å²) in [6.07, 6.45) is 7.69. The molecule has 0 unspecified atom stereocenters. The molecule has 42 heavy (non-hydrogen) atoms. The molecule has 0 radical (unpaired) electrons. The van der Waals surface area contributed by atoms with Crippen LogP contribution in [0, 0.1) is 0 Å². The molecule has 3 atom stereocenters. The lowest BCUT2D eigenvalue weighted by Crippen LogP contribution is -2.55. The fourth-order valence-corrected chi connectivity index (χ4v) is 4.05. The van der Waals surface area contributed by atoms with Crippen molar-refractivity contribution in [1.82, 2.24) is 16.0 Å². The standard InChI is InChI=1S/C29H49N9O4/c1-38(2)23-14-11-21(12-15-23)13-16-26(40)36-24(9-3-5-17-30)28(42)37-25(10-4-6-18-31)27(41)35-22(20-39)8-7-19-34-29(32)33/h11-16,20,22,24-25H,3-10,17-19,30-31H2,1-2H3,(H,35,41)(H,36,40)(H,37,42)(H4,32,33,34)/b16-13+/t22-,24-,25-/m0/s1. The highest BCUT2D eigenvalue weighted by Gasteiger charge is 2.27. The Labute approximate surface area is 248 Å². The summed E-state index contributed by atoms with van der Waals surface area (Å²) in [5.41, 5.74) is 23.7. The molecular formula is C29H49N9O4. The molecule has 0 aliphatic carbocycles. The number of hydrogen-bond acceptors (Lipinski definition) is 8. The van der Waals surface area contributed by atoms with E-state index in [-0.39, 0.29) is 5.96 Å². The molecule has 0 heterocycles. The molecule has 3 amide bonds.